The minimum absolute atomic E-state index is 0.0338. The van der Waals surface area contributed by atoms with Crippen LogP contribution < -0.4 is 4.31 Å². The average Bonchev–Trinajstić information content (AvgIpc) is 3.13. The molecule has 188 valence electrons. The number of hydrogen-bond donors (Lipinski definition) is 0. The highest BCUT2D eigenvalue weighted by Crippen LogP contribution is 2.39. The van der Waals surface area contributed by atoms with Gasteiger partial charge in [0.05, 0.1) is 23.5 Å². The maximum absolute atomic E-state index is 13.5. The largest absolute Gasteiger partial charge is 0.437 e. The minimum atomic E-state index is -3.82. The lowest BCUT2D eigenvalue weighted by Gasteiger charge is -2.33. The van der Waals surface area contributed by atoms with Crippen LogP contribution in [0.5, 0.6) is 0 Å². The van der Waals surface area contributed by atoms with Gasteiger partial charge in [0.15, 0.2) is 5.78 Å². The van der Waals surface area contributed by atoms with Crippen molar-refractivity contribution >= 4 is 42.7 Å². The van der Waals surface area contributed by atoms with Crippen molar-refractivity contribution in [2.24, 2.45) is 0 Å². The minimum Gasteiger partial charge on any atom is -0.437 e. The number of sulfonamides is 2. The summed E-state index contributed by atoms with van der Waals surface area (Å²) in [7, 11) is -7.41. The number of nitrogens with zero attached hydrogens (tertiary/aromatic N) is 3. The zero-order valence-corrected chi connectivity index (χ0v) is 21.4. The van der Waals surface area contributed by atoms with E-state index in [1.54, 1.807) is 19.9 Å². The van der Waals surface area contributed by atoms with E-state index in [0.717, 1.165) is 16.8 Å². The predicted octanol–water partition coefficient (Wildman–Crippen LogP) is 3.37. The summed E-state index contributed by atoms with van der Waals surface area (Å²) in [6, 6.07) is 7.15. The first-order valence-corrected chi connectivity index (χ1v) is 14.7. The second-order valence-electron chi connectivity index (χ2n) is 8.70. The third kappa shape index (κ3) is 4.82. The van der Waals surface area contributed by atoms with Gasteiger partial charge in [0.25, 0.3) is 0 Å². The summed E-state index contributed by atoms with van der Waals surface area (Å²) in [6.45, 7) is 3.44. The molecule has 35 heavy (non-hydrogen) atoms. The number of furan rings is 1. The van der Waals surface area contributed by atoms with E-state index >= 15 is 0 Å². The molecule has 1 aliphatic heterocycles. The summed E-state index contributed by atoms with van der Waals surface area (Å²) in [5, 5.41) is 0.390. The van der Waals surface area contributed by atoms with Gasteiger partial charge in [0.2, 0.25) is 25.8 Å². The summed E-state index contributed by atoms with van der Waals surface area (Å²) in [5.41, 5.74) is 1.29. The standard InChI is InChI=1S/C23H26FN3O6S2/c1-5-19(28)20-18-12-17-14(2)13-26(34(3,29)30)10-11-27(35(4,31)32)22(17)25-23(18)33-21(20)15-6-8-16(24)9-7-15/h6-9,12,14H,5,10-11,13H2,1-4H3. The number of benzene rings is 1. The van der Waals surface area contributed by atoms with Crippen LogP contribution in [0.4, 0.5) is 10.2 Å². The SMILES string of the molecule is CCC(=O)c1c(-c2ccc(F)cc2)oc2nc3c(cc12)C(C)CN(S(C)(=O)=O)CCN3S(C)(=O)=O. The molecule has 0 radical (unpaired) electrons. The monoisotopic (exact) mass is 523 g/mol. The van der Waals surface area contributed by atoms with E-state index in [1.807, 2.05) is 0 Å². The van der Waals surface area contributed by atoms with Crippen LogP contribution in [0.1, 0.15) is 42.1 Å². The number of fused-ring (bicyclic) bond motifs is 2. The molecule has 2 aromatic heterocycles. The number of halogens is 1. The number of anilines is 1. The lowest BCUT2D eigenvalue weighted by atomic mass is 9.96. The van der Waals surface area contributed by atoms with Crippen LogP contribution in [0.25, 0.3) is 22.4 Å². The lowest BCUT2D eigenvalue weighted by molar-refractivity contribution is 0.0989. The molecule has 1 aromatic carbocycles. The molecule has 1 atom stereocenters. The van der Waals surface area contributed by atoms with Gasteiger partial charge in [-0.25, -0.2) is 21.2 Å². The Balaban J connectivity index is 2.02. The Morgan fingerprint density at radius 2 is 1.77 bits per heavy atom. The molecule has 4 rings (SSSR count). The molecule has 0 N–H and O–H groups in total. The summed E-state index contributed by atoms with van der Waals surface area (Å²) in [4.78, 5) is 17.5. The van der Waals surface area contributed by atoms with E-state index in [-0.39, 0.29) is 54.7 Å². The maximum Gasteiger partial charge on any atom is 0.233 e. The highest BCUT2D eigenvalue weighted by molar-refractivity contribution is 7.92. The van der Waals surface area contributed by atoms with Gasteiger partial charge in [-0.1, -0.05) is 13.8 Å². The van der Waals surface area contributed by atoms with E-state index in [2.05, 4.69) is 4.98 Å². The van der Waals surface area contributed by atoms with Gasteiger partial charge < -0.3 is 4.42 Å². The van der Waals surface area contributed by atoms with Crippen molar-refractivity contribution in [1.82, 2.24) is 9.29 Å². The number of Topliss-reactive ketones (excluding diaryl/α,β-unsaturated/α-hetero) is 1. The van der Waals surface area contributed by atoms with Gasteiger partial charge in [-0.3, -0.25) is 9.10 Å². The Morgan fingerprint density at radius 3 is 2.34 bits per heavy atom. The zero-order chi connectivity index (χ0) is 25.7. The smallest absolute Gasteiger partial charge is 0.233 e. The third-order valence-corrected chi connectivity index (χ3v) is 8.49. The molecule has 0 saturated carbocycles. The first kappa shape index (κ1) is 25.3. The average molecular weight is 524 g/mol. The van der Waals surface area contributed by atoms with Crippen LogP contribution in [0.15, 0.2) is 34.7 Å². The van der Waals surface area contributed by atoms with E-state index in [1.165, 1.54) is 28.6 Å². The Morgan fingerprint density at radius 1 is 1.11 bits per heavy atom. The maximum atomic E-state index is 13.5. The summed E-state index contributed by atoms with van der Waals surface area (Å²) in [6.07, 6.45) is 2.28. The van der Waals surface area contributed by atoms with Crippen LogP contribution in [0.3, 0.4) is 0 Å². The fourth-order valence-electron chi connectivity index (χ4n) is 4.28. The molecule has 0 saturated heterocycles. The predicted molar refractivity (Wildman–Crippen MR) is 131 cm³/mol. The lowest BCUT2D eigenvalue weighted by Crippen LogP contribution is -2.44. The Kier molecular flexibility index (Phi) is 6.49. The quantitative estimate of drug-likeness (QED) is 0.471. The van der Waals surface area contributed by atoms with Gasteiger partial charge >= 0.3 is 0 Å². The number of carbonyl (C=O) groups excluding carboxylic acids is 1. The molecule has 0 spiro atoms. The number of ketones is 1. The van der Waals surface area contributed by atoms with Crippen molar-refractivity contribution in [3.63, 3.8) is 0 Å². The molecular formula is C23H26FN3O6S2. The number of rotatable bonds is 5. The normalized spacial score (nSPS) is 17.7. The number of pyridine rings is 1. The Hall–Kier alpha value is -2.83. The van der Waals surface area contributed by atoms with Crippen molar-refractivity contribution in [1.29, 1.82) is 0 Å². The van der Waals surface area contributed by atoms with E-state index in [9.17, 15) is 26.0 Å². The van der Waals surface area contributed by atoms with E-state index in [0.29, 0.717) is 16.5 Å². The highest BCUT2D eigenvalue weighted by Gasteiger charge is 2.33. The molecule has 3 aromatic rings. The molecule has 0 amide bonds. The molecule has 0 fully saturated rings. The van der Waals surface area contributed by atoms with Crippen molar-refractivity contribution in [3.8, 4) is 11.3 Å². The van der Waals surface area contributed by atoms with Crippen LogP contribution in [0.2, 0.25) is 0 Å². The second-order valence-corrected chi connectivity index (χ2v) is 12.6. The fraction of sp³-hybridized carbons (Fsp3) is 0.391. The fourth-order valence-corrected chi connectivity index (χ4v) is 6.06. The third-order valence-electron chi connectivity index (χ3n) is 6.06. The van der Waals surface area contributed by atoms with Crippen LogP contribution in [-0.2, 0) is 20.0 Å². The van der Waals surface area contributed by atoms with E-state index < -0.39 is 31.8 Å². The van der Waals surface area contributed by atoms with Gasteiger partial charge in [0, 0.05) is 37.2 Å². The Labute approximate surface area is 203 Å². The molecule has 1 aliphatic rings. The molecular weight excluding hydrogens is 497 g/mol. The number of carbonyl (C=O) groups is 1. The van der Waals surface area contributed by atoms with Gasteiger partial charge in [0.1, 0.15) is 17.4 Å². The van der Waals surface area contributed by atoms with Crippen LogP contribution in [0, 0.1) is 5.82 Å². The molecule has 1 unspecified atom stereocenters. The molecule has 0 bridgehead atoms. The Bertz CT molecular complexity index is 1510. The van der Waals surface area contributed by atoms with Gasteiger partial charge in [-0.15, -0.1) is 0 Å². The summed E-state index contributed by atoms with van der Waals surface area (Å²) >= 11 is 0. The zero-order valence-electron chi connectivity index (χ0n) is 19.8. The first-order valence-electron chi connectivity index (χ1n) is 11.0. The van der Waals surface area contributed by atoms with Gasteiger partial charge in [-0.2, -0.15) is 9.29 Å². The van der Waals surface area contributed by atoms with E-state index in [4.69, 9.17) is 4.42 Å². The molecule has 3 heterocycles. The van der Waals surface area contributed by atoms with Crippen molar-refractivity contribution in [2.75, 3.05) is 36.5 Å². The van der Waals surface area contributed by atoms with Crippen molar-refractivity contribution < 1.29 is 30.4 Å². The summed E-state index contributed by atoms with van der Waals surface area (Å²) in [5.74, 6) is -0.748. The number of aromatic nitrogens is 1. The topological polar surface area (TPSA) is 118 Å². The second kappa shape index (κ2) is 8.99. The highest BCUT2D eigenvalue weighted by atomic mass is 32.2. The molecule has 12 heteroatoms. The van der Waals surface area contributed by atoms with Crippen LogP contribution in [-0.4, -0.2) is 64.1 Å². The summed E-state index contributed by atoms with van der Waals surface area (Å²) < 4.78 is 71.8. The first-order chi connectivity index (χ1) is 16.3. The molecule has 9 nitrogen and oxygen atoms in total. The molecule has 0 aliphatic carbocycles. The number of hydrogen-bond acceptors (Lipinski definition) is 7. The van der Waals surface area contributed by atoms with Crippen LogP contribution >= 0.6 is 0 Å². The van der Waals surface area contributed by atoms with Crippen molar-refractivity contribution in [2.45, 2.75) is 26.2 Å². The van der Waals surface area contributed by atoms with Crippen molar-refractivity contribution in [3.05, 3.63) is 47.3 Å². The van der Waals surface area contributed by atoms with Gasteiger partial charge in [-0.05, 0) is 36.2 Å².